The van der Waals surface area contributed by atoms with E-state index in [4.69, 9.17) is 9.72 Å². The average molecular weight is 491 g/mol. The molecule has 182 valence electrons. The third-order valence-electron chi connectivity index (χ3n) is 7.00. The van der Waals surface area contributed by atoms with Crippen molar-refractivity contribution in [2.75, 3.05) is 13.7 Å². The van der Waals surface area contributed by atoms with Crippen molar-refractivity contribution in [3.8, 4) is 5.88 Å². The second kappa shape index (κ2) is 10.4. The van der Waals surface area contributed by atoms with E-state index in [-0.39, 0.29) is 31.3 Å². The Balaban J connectivity index is 0.00000289. The molecular weight excluding hydrogens is 459 g/mol. The normalized spacial score (nSPS) is 20.7. The smallest absolute Gasteiger partial charge is 0.217 e. The quantitative estimate of drug-likeness (QED) is 0.372. The lowest BCUT2D eigenvalue weighted by molar-refractivity contribution is -0.0197. The molecule has 2 N–H and O–H groups in total. The van der Waals surface area contributed by atoms with Gasteiger partial charge in [0.2, 0.25) is 5.88 Å². The Kier molecular flexibility index (Phi) is 7.45. The molecule has 0 amide bonds. The van der Waals surface area contributed by atoms with Crippen molar-refractivity contribution in [1.29, 1.82) is 0 Å². The second-order valence-corrected chi connectivity index (χ2v) is 9.19. The number of nitrogens with zero attached hydrogens (tertiary/aromatic N) is 1. The maximum Gasteiger partial charge on any atom is 0.217 e. The third-order valence-corrected chi connectivity index (χ3v) is 7.00. The fraction of sp³-hybridized carbons (Fsp3) is 0.276. The number of piperidine rings is 1. The van der Waals surface area contributed by atoms with Gasteiger partial charge in [0, 0.05) is 22.9 Å². The highest BCUT2D eigenvalue weighted by Gasteiger charge is 2.44. The Labute approximate surface area is 212 Å². The van der Waals surface area contributed by atoms with Gasteiger partial charge in [0.25, 0.3) is 0 Å². The van der Waals surface area contributed by atoms with E-state index < -0.39 is 5.60 Å². The van der Waals surface area contributed by atoms with E-state index in [0.29, 0.717) is 25.3 Å². The lowest BCUT2D eigenvalue weighted by atomic mass is 9.70. The van der Waals surface area contributed by atoms with Gasteiger partial charge in [-0.25, -0.2) is 9.37 Å². The molecule has 2 heterocycles. The number of rotatable bonds is 5. The molecule has 4 aromatic rings. The van der Waals surface area contributed by atoms with Crippen molar-refractivity contribution in [3.63, 3.8) is 0 Å². The third kappa shape index (κ3) is 4.92. The number of fused-ring (bicyclic) bond motifs is 1. The number of hydrogen-bond donors (Lipinski definition) is 2. The van der Waals surface area contributed by atoms with Gasteiger partial charge in [-0.15, -0.1) is 0 Å². The molecule has 35 heavy (non-hydrogen) atoms. The Hall–Kier alpha value is -2.93. The number of pyridine rings is 1. The Bertz CT molecular complexity index is 1320. The molecule has 5 rings (SSSR count). The number of halogens is 1. The van der Waals surface area contributed by atoms with Crippen molar-refractivity contribution >= 4 is 24.4 Å². The predicted molar refractivity (Wildman–Crippen MR) is 143 cm³/mol. The zero-order chi connectivity index (χ0) is 23.7. The first-order chi connectivity index (χ1) is 16.5. The van der Waals surface area contributed by atoms with Crippen LogP contribution in [-0.2, 0) is 0 Å². The molecule has 1 aromatic heterocycles. The van der Waals surface area contributed by atoms with E-state index in [1.165, 1.54) is 6.07 Å². The molecule has 3 atom stereocenters. The minimum absolute atomic E-state index is 0. The fourth-order valence-electron chi connectivity index (χ4n) is 5.41. The van der Waals surface area contributed by atoms with Crippen molar-refractivity contribution in [3.05, 3.63) is 107 Å². The van der Waals surface area contributed by atoms with Crippen LogP contribution in [0.4, 0.5) is 4.39 Å². The molecule has 3 unspecified atom stereocenters. The first-order valence-electron chi connectivity index (χ1n) is 11.7. The van der Waals surface area contributed by atoms with Crippen LogP contribution < -0.4 is 10.1 Å². The number of aryl methyl sites for hydroxylation is 1. The van der Waals surface area contributed by atoms with E-state index in [2.05, 4.69) is 23.5 Å². The van der Waals surface area contributed by atoms with Crippen LogP contribution in [-0.4, -0.2) is 29.3 Å². The van der Waals surface area contributed by atoms with Crippen LogP contribution in [0.1, 0.15) is 47.1 Å². The van der Waals surface area contributed by atoms with E-state index >= 15 is 0 Å². The van der Waals surface area contributed by atoms with E-state index in [1.54, 1.807) is 13.2 Å². The van der Waals surface area contributed by atoms with Gasteiger partial charge in [-0.3, -0.25) is 0 Å². The highest BCUT2D eigenvalue weighted by Crippen LogP contribution is 2.47. The minimum Gasteiger partial charge on any atom is -0.481 e. The number of nitrogens with one attached hydrogen (secondary N) is 1. The lowest BCUT2D eigenvalue weighted by Gasteiger charge is -2.44. The summed E-state index contributed by atoms with van der Waals surface area (Å²) in [6.07, 6.45) is 1.05. The molecule has 0 saturated carbocycles. The van der Waals surface area contributed by atoms with Crippen molar-refractivity contribution < 1.29 is 14.2 Å². The fourth-order valence-corrected chi connectivity index (χ4v) is 5.41. The maximum atomic E-state index is 13.8. The first-order valence-corrected chi connectivity index (χ1v) is 11.7. The molecule has 4 nitrogen and oxygen atoms in total. The molecule has 0 spiro atoms. The van der Waals surface area contributed by atoms with Crippen LogP contribution in [0.25, 0.3) is 10.9 Å². The number of benzene rings is 3. The molecule has 0 aliphatic carbocycles. The summed E-state index contributed by atoms with van der Waals surface area (Å²) < 4.78 is 19.5. The summed E-state index contributed by atoms with van der Waals surface area (Å²) >= 11 is 0. The molecule has 3 aromatic carbocycles. The standard InChI is InChI=1S/C29H29FN2O2.H2S/c1-19-16-22(30)12-13-23(19)26-18-29(33,14-15-31-26)27(20-8-4-3-5-9-20)24-17-21-10-6-7-11-25(21)32-28(24)34-2;/h3-13,16-17,26-27,31,33H,14-15,18H2,1-2H3;1H2. The van der Waals surface area contributed by atoms with Gasteiger partial charge in [-0.1, -0.05) is 54.6 Å². The minimum atomic E-state index is -1.06. The van der Waals surface area contributed by atoms with Gasteiger partial charge in [-0.05, 0) is 67.3 Å². The maximum absolute atomic E-state index is 13.8. The van der Waals surface area contributed by atoms with Crippen molar-refractivity contribution in [2.24, 2.45) is 0 Å². The van der Waals surface area contributed by atoms with Crippen LogP contribution in [0.3, 0.4) is 0 Å². The summed E-state index contributed by atoms with van der Waals surface area (Å²) in [7, 11) is 1.62. The number of hydrogen-bond acceptors (Lipinski definition) is 4. The van der Waals surface area contributed by atoms with Crippen LogP contribution >= 0.6 is 13.5 Å². The second-order valence-electron chi connectivity index (χ2n) is 9.19. The number of aromatic nitrogens is 1. The Morgan fingerprint density at radius 1 is 1.06 bits per heavy atom. The SMILES string of the molecule is COc1nc2ccccc2cc1C(c1ccccc1)C1(O)CCNC(c2ccc(F)cc2C)C1.S. The number of ether oxygens (including phenoxy) is 1. The number of para-hydroxylation sites is 1. The van der Waals surface area contributed by atoms with Gasteiger partial charge < -0.3 is 15.2 Å². The Morgan fingerprint density at radius 3 is 2.54 bits per heavy atom. The number of methoxy groups -OCH3 is 1. The summed E-state index contributed by atoms with van der Waals surface area (Å²) in [5, 5.41) is 16.8. The van der Waals surface area contributed by atoms with Crippen molar-refractivity contribution in [2.45, 2.75) is 37.3 Å². The molecular formula is C29H31FN2O2S. The summed E-state index contributed by atoms with van der Waals surface area (Å²) in [5.41, 5.74) is 3.56. The molecule has 1 aliphatic heterocycles. The molecule has 0 bridgehead atoms. The topological polar surface area (TPSA) is 54.4 Å². The highest BCUT2D eigenvalue weighted by atomic mass is 32.1. The summed E-state index contributed by atoms with van der Waals surface area (Å²) in [6, 6.07) is 24.9. The van der Waals surface area contributed by atoms with Crippen LogP contribution in [0.15, 0.2) is 78.9 Å². The van der Waals surface area contributed by atoms with Gasteiger partial charge in [0.05, 0.1) is 18.2 Å². The molecule has 1 saturated heterocycles. The number of aliphatic hydroxyl groups is 1. The highest BCUT2D eigenvalue weighted by molar-refractivity contribution is 7.59. The van der Waals surface area contributed by atoms with E-state index in [0.717, 1.165) is 33.2 Å². The molecule has 6 heteroatoms. The zero-order valence-electron chi connectivity index (χ0n) is 20.0. The summed E-state index contributed by atoms with van der Waals surface area (Å²) in [4.78, 5) is 4.78. The van der Waals surface area contributed by atoms with E-state index in [1.807, 2.05) is 55.5 Å². The van der Waals surface area contributed by atoms with Gasteiger partial charge in [-0.2, -0.15) is 13.5 Å². The van der Waals surface area contributed by atoms with E-state index in [9.17, 15) is 9.50 Å². The molecule has 1 aliphatic rings. The zero-order valence-corrected chi connectivity index (χ0v) is 21.0. The largest absolute Gasteiger partial charge is 0.481 e. The van der Waals surface area contributed by atoms with Crippen LogP contribution in [0.2, 0.25) is 0 Å². The van der Waals surface area contributed by atoms with Crippen molar-refractivity contribution in [1.82, 2.24) is 10.3 Å². The first kappa shape index (κ1) is 25.2. The van der Waals surface area contributed by atoms with Gasteiger partial charge in [0.1, 0.15) is 5.82 Å². The van der Waals surface area contributed by atoms with Crippen LogP contribution in [0, 0.1) is 12.7 Å². The monoisotopic (exact) mass is 490 g/mol. The average Bonchev–Trinajstić information content (AvgIpc) is 2.84. The summed E-state index contributed by atoms with van der Waals surface area (Å²) in [6.45, 7) is 2.56. The molecule has 1 fully saturated rings. The van der Waals surface area contributed by atoms with Crippen LogP contribution in [0.5, 0.6) is 5.88 Å². The predicted octanol–water partition coefficient (Wildman–Crippen LogP) is 5.79. The Morgan fingerprint density at radius 2 is 1.80 bits per heavy atom. The van der Waals surface area contributed by atoms with Gasteiger partial charge >= 0.3 is 0 Å². The molecule has 0 radical (unpaired) electrons. The van der Waals surface area contributed by atoms with Gasteiger partial charge in [0.15, 0.2) is 0 Å². The summed E-state index contributed by atoms with van der Waals surface area (Å²) in [5.74, 6) is -0.0680. The lowest BCUT2D eigenvalue weighted by Crippen LogP contribution is -2.48.